The highest BCUT2D eigenvalue weighted by Gasteiger charge is 2.54. The highest BCUT2D eigenvalue weighted by molar-refractivity contribution is 6.73. The predicted molar refractivity (Wildman–Crippen MR) is 105 cm³/mol. The molecule has 0 radical (unpaired) electrons. The van der Waals surface area contributed by atoms with Crippen LogP contribution in [-0.4, -0.2) is 38.9 Å². The van der Waals surface area contributed by atoms with Crippen LogP contribution in [0, 0.1) is 11.3 Å². The van der Waals surface area contributed by atoms with E-state index < -0.39 is 13.7 Å². The summed E-state index contributed by atoms with van der Waals surface area (Å²) >= 11 is 0. The SMILES string of the molecule is CC[Si](CC)(CC)OC1CCCC(C(=O)OCC(C)C)(C2CC(=O)N2)C1. The molecule has 3 unspecified atom stereocenters. The summed E-state index contributed by atoms with van der Waals surface area (Å²) in [5.41, 5.74) is -0.610. The maximum Gasteiger partial charge on any atom is 0.314 e. The van der Waals surface area contributed by atoms with Crippen molar-refractivity contribution in [1.82, 2.24) is 5.32 Å². The second kappa shape index (κ2) is 8.87. The largest absolute Gasteiger partial charge is 0.465 e. The van der Waals surface area contributed by atoms with E-state index in [4.69, 9.17) is 9.16 Å². The zero-order valence-electron chi connectivity index (χ0n) is 17.2. The molecule has 6 heteroatoms. The van der Waals surface area contributed by atoms with Crippen LogP contribution in [0.2, 0.25) is 18.1 Å². The van der Waals surface area contributed by atoms with E-state index in [1.807, 2.05) is 13.8 Å². The number of esters is 1. The van der Waals surface area contributed by atoms with Crippen LogP contribution in [-0.2, 0) is 18.8 Å². The number of rotatable bonds is 9. The lowest BCUT2D eigenvalue weighted by Gasteiger charge is -2.48. The Morgan fingerprint density at radius 3 is 2.38 bits per heavy atom. The summed E-state index contributed by atoms with van der Waals surface area (Å²) in [4.78, 5) is 24.6. The number of carbonyl (C=O) groups excluding carboxylic acids is 2. The Balaban J connectivity index is 2.16. The average molecular weight is 384 g/mol. The highest BCUT2D eigenvalue weighted by atomic mass is 28.4. The zero-order valence-corrected chi connectivity index (χ0v) is 18.2. The van der Waals surface area contributed by atoms with Crippen LogP contribution in [0.1, 0.15) is 66.7 Å². The van der Waals surface area contributed by atoms with E-state index in [0.29, 0.717) is 25.4 Å². The fourth-order valence-corrected chi connectivity index (χ4v) is 7.34. The molecule has 1 saturated heterocycles. The first-order chi connectivity index (χ1) is 12.3. The van der Waals surface area contributed by atoms with Crippen LogP contribution in [0.15, 0.2) is 0 Å². The molecule has 0 bridgehead atoms. The van der Waals surface area contributed by atoms with Crippen molar-refractivity contribution < 1.29 is 18.8 Å². The molecule has 0 aromatic rings. The molecule has 1 saturated carbocycles. The van der Waals surface area contributed by atoms with E-state index in [-0.39, 0.29) is 24.0 Å². The van der Waals surface area contributed by atoms with Gasteiger partial charge in [0.1, 0.15) is 0 Å². The summed E-state index contributed by atoms with van der Waals surface area (Å²) in [6.07, 6.45) is 3.97. The lowest BCUT2D eigenvalue weighted by molar-refractivity contribution is -0.168. The van der Waals surface area contributed by atoms with Crippen LogP contribution in [0.5, 0.6) is 0 Å². The molecule has 5 nitrogen and oxygen atoms in total. The number of hydrogen-bond donors (Lipinski definition) is 1. The van der Waals surface area contributed by atoms with E-state index in [0.717, 1.165) is 37.4 Å². The van der Waals surface area contributed by atoms with E-state index in [9.17, 15) is 9.59 Å². The molecule has 150 valence electrons. The lowest BCUT2D eigenvalue weighted by atomic mass is 9.65. The molecule has 1 N–H and O–H groups in total. The highest BCUT2D eigenvalue weighted by Crippen LogP contribution is 2.45. The van der Waals surface area contributed by atoms with Crippen LogP contribution < -0.4 is 5.32 Å². The van der Waals surface area contributed by atoms with Crippen molar-refractivity contribution in [2.45, 2.75) is 97.0 Å². The van der Waals surface area contributed by atoms with Crippen molar-refractivity contribution in [2.24, 2.45) is 11.3 Å². The Morgan fingerprint density at radius 2 is 1.88 bits per heavy atom. The molecule has 1 heterocycles. The van der Waals surface area contributed by atoms with Crippen molar-refractivity contribution in [2.75, 3.05) is 6.61 Å². The molecule has 1 aliphatic carbocycles. The van der Waals surface area contributed by atoms with Gasteiger partial charge in [-0.3, -0.25) is 9.59 Å². The number of ether oxygens (including phenoxy) is 1. The molecular formula is C20H37NO4Si. The van der Waals surface area contributed by atoms with Gasteiger partial charge in [-0.15, -0.1) is 0 Å². The van der Waals surface area contributed by atoms with Crippen LogP contribution in [0.4, 0.5) is 0 Å². The minimum absolute atomic E-state index is 0.0356. The van der Waals surface area contributed by atoms with E-state index in [1.54, 1.807) is 0 Å². The topological polar surface area (TPSA) is 64.6 Å². The van der Waals surface area contributed by atoms with Crippen molar-refractivity contribution in [1.29, 1.82) is 0 Å². The Labute approximate surface area is 159 Å². The maximum absolute atomic E-state index is 13.1. The maximum atomic E-state index is 13.1. The summed E-state index contributed by atoms with van der Waals surface area (Å²) in [6.45, 7) is 11.2. The van der Waals surface area contributed by atoms with Crippen LogP contribution in [0.25, 0.3) is 0 Å². The van der Waals surface area contributed by atoms with Gasteiger partial charge in [0.2, 0.25) is 5.91 Å². The quantitative estimate of drug-likeness (QED) is 0.371. The average Bonchev–Trinajstić information content (AvgIpc) is 2.61. The van der Waals surface area contributed by atoms with Crippen LogP contribution >= 0.6 is 0 Å². The molecule has 26 heavy (non-hydrogen) atoms. The first-order valence-corrected chi connectivity index (χ1v) is 13.0. The van der Waals surface area contributed by atoms with E-state index >= 15 is 0 Å². The number of β-lactam (4-membered cyclic amide) rings is 1. The zero-order chi connectivity index (χ0) is 19.4. The summed E-state index contributed by atoms with van der Waals surface area (Å²) in [6, 6.07) is 3.24. The smallest absolute Gasteiger partial charge is 0.314 e. The van der Waals surface area contributed by atoms with E-state index in [1.165, 1.54) is 0 Å². The number of carbonyl (C=O) groups is 2. The first-order valence-electron chi connectivity index (χ1n) is 10.4. The van der Waals surface area contributed by atoms with Gasteiger partial charge in [-0.25, -0.2) is 0 Å². The Bertz CT molecular complexity index is 490. The molecule has 0 aromatic carbocycles. The number of hydrogen-bond acceptors (Lipinski definition) is 4. The predicted octanol–water partition coefficient (Wildman–Crippen LogP) is 4.02. The minimum Gasteiger partial charge on any atom is -0.465 e. The van der Waals surface area contributed by atoms with Gasteiger partial charge in [0.25, 0.3) is 0 Å². The van der Waals surface area contributed by atoms with Crippen molar-refractivity contribution in [3.05, 3.63) is 0 Å². The third-order valence-corrected chi connectivity index (χ3v) is 11.1. The molecule has 1 aliphatic heterocycles. The summed E-state index contributed by atoms with van der Waals surface area (Å²) < 4.78 is 12.4. The molecule has 1 amide bonds. The normalized spacial score (nSPS) is 29.2. The third kappa shape index (κ3) is 4.50. The molecule has 3 atom stereocenters. The van der Waals surface area contributed by atoms with Gasteiger partial charge in [0, 0.05) is 12.5 Å². The molecule has 2 rings (SSSR count). The molecule has 2 fully saturated rings. The molecule has 2 aliphatic rings. The van der Waals surface area contributed by atoms with Crippen LogP contribution in [0.3, 0.4) is 0 Å². The number of nitrogens with one attached hydrogen (secondary N) is 1. The Kier molecular flexibility index (Phi) is 7.31. The van der Waals surface area contributed by atoms with Gasteiger partial charge in [-0.05, 0) is 49.7 Å². The first kappa shape index (κ1) is 21.4. The van der Waals surface area contributed by atoms with Gasteiger partial charge in [-0.1, -0.05) is 34.6 Å². The van der Waals surface area contributed by atoms with Crippen molar-refractivity contribution in [3.8, 4) is 0 Å². The van der Waals surface area contributed by atoms with E-state index in [2.05, 4.69) is 26.1 Å². The van der Waals surface area contributed by atoms with Crippen molar-refractivity contribution in [3.63, 3.8) is 0 Å². The fourth-order valence-electron chi connectivity index (χ4n) is 4.43. The monoisotopic (exact) mass is 383 g/mol. The lowest BCUT2D eigenvalue weighted by Crippen LogP contribution is -2.63. The van der Waals surface area contributed by atoms with Gasteiger partial charge >= 0.3 is 5.97 Å². The summed E-state index contributed by atoms with van der Waals surface area (Å²) in [5, 5.41) is 2.96. The second-order valence-electron chi connectivity index (χ2n) is 8.55. The minimum atomic E-state index is -1.72. The van der Waals surface area contributed by atoms with Crippen molar-refractivity contribution >= 4 is 20.2 Å². The van der Waals surface area contributed by atoms with Gasteiger partial charge < -0.3 is 14.5 Å². The van der Waals surface area contributed by atoms with Gasteiger partial charge in [-0.2, -0.15) is 0 Å². The third-order valence-electron chi connectivity index (χ3n) is 6.44. The van der Waals surface area contributed by atoms with Gasteiger partial charge in [0.05, 0.1) is 18.1 Å². The summed E-state index contributed by atoms with van der Waals surface area (Å²) in [7, 11) is -1.72. The standard InChI is InChI=1S/C20H37NO4Si/c1-6-26(7-2,8-3)25-16-10-9-11-20(13-16,17-12-18(22)21-17)19(23)24-14-15(4)5/h15-17H,6-14H2,1-5H3,(H,21,22). The second-order valence-corrected chi connectivity index (χ2v) is 13.3. The molecular weight excluding hydrogens is 346 g/mol. The van der Waals surface area contributed by atoms with Gasteiger partial charge in [0.15, 0.2) is 8.32 Å². The Hall–Kier alpha value is -0.883. The molecule has 0 spiro atoms. The molecule has 0 aromatic heterocycles. The summed E-state index contributed by atoms with van der Waals surface area (Å²) in [5.74, 6) is 0.206. The number of amides is 1. The Morgan fingerprint density at radius 1 is 1.27 bits per heavy atom. The fraction of sp³-hybridized carbons (Fsp3) is 0.900.